The fourth-order valence-corrected chi connectivity index (χ4v) is 4.49. The molecule has 0 atom stereocenters. The van der Waals surface area contributed by atoms with Crippen LogP contribution in [0.1, 0.15) is 11.1 Å². The van der Waals surface area contributed by atoms with Crippen molar-refractivity contribution in [2.24, 2.45) is 0 Å². The molecule has 3 aromatic rings. The SMILES string of the molecule is O=C(/C=C\c1ccc2c(c1)OCO2)Nc1nnc(SCC(=O)Nc2cc(C(F)(F)F)ccc2Cl)s1. The van der Waals surface area contributed by atoms with Crippen molar-refractivity contribution >= 4 is 63.4 Å². The quantitative estimate of drug-likeness (QED) is 0.236. The third-order valence-electron chi connectivity index (χ3n) is 4.35. The maximum atomic E-state index is 12.9. The zero-order chi connectivity index (χ0) is 25.0. The number of carbonyl (C=O) groups excluding carboxylic acids is 2. The van der Waals surface area contributed by atoms with E-state index >= 15 is 0 Å². The molecule has 0 spiro atoms. The van der Waals surface area contributed by atoms with E-state index in [1.54, 1.807) is 24.3 Å². The van der Waals surface area contributed by atoms with Gasteiger partial charge in [-0.25, -0.2) is 0 Å². The number of amides is 2. The van der Waals surface area contributed by atoms with E-state index in [0.29, 0.717) is 15.8 Å². The average molecular weight is 543 g/mol. The molecule has 1 aromatic heterocycles. The maximum Gasteiger partial charge on any atom is 0.416 e. The fourth-order valence-electron chi connectivity index (χ4n) is 2.77. The number of aromatic nitrogens is 2. The third-order valence-corrected chi connectivity index (χ3v) is 6.66. The molecule has 2 amide bonds. The number of nitrogens with zero attached hydrogens (tertiary/aromatic N) is 2. The van der Waals surface area contributed by atoms with Crippen molar-refractivity contribution in [2.45, 2.75) is 10.5 Å². The molecule has 0 radical (unpaired) electrons. The third kappa shape index (κ3) is 6.65. The minimum atomic E-state index is -4.56. The minimum Gasteiger partial charge on any atom is -0.454 e. The van der Waals surface area contributed by atoms with Gasteiger partial charge in [0.2, 0.25) is 23.7 Å². The highest BCUT2D eigenvalue weighted by molar-refractivity contribution is 8.01. The van der Waals surface area contributed by atoms with E-state index in [4.69, 9.17) is 21.1 Å². The molecule has 1 aliphatic heterocycles. The molecule has 1 aliphatic rings. The fraction of sp³-hybridized carbons (Fsp3) is 0.143. The van der Waals surface area contributed by atoms with Crippen LogP contribution in [0.15, 0.2) is 46.8 Å². The molecule has 0 saturated heterocycles. The smallest absolute Gasteiger partial charge is 0.416 e. The van der Waals surface area contributed by atoms with Crippen LogP contribution in [-0.2, 0) is 15.8 Å². The molecule has 2 N–H and O–H groups in total. The number of thioether (sulfide) groups is 1. The Morgan fingerprint density at radius 2 is 1.91 bits per heavy atom. The Morgan fingerprint density at radius 1 is 1.11 bits per heavy atom. The van der Waals surface area contributed by atoms with E-state index in [2.05, 4.69) is 20.8 Å². The molecular weight excluding hydrogens is 529 g/mol. The second-order valence-corrected chi connectivity index (χ2v) is 9.44. The summed E-state index contributed by atoms with van der Waals surface area (Å²) < 4.78 is 49.5. The van der Waals surface area contributed by atoms with Crippen molar-refractivity contribution in [3.63, 3.8) is 0 Å². The van der Waals surface area contributed by atoms with Crippen molar-refractivity contribution in [1.29, 1.82) is 0 Å². The normalized spacial score (nSPS) is 12.7. The summed E-state index contributed by atoms with van der Waals surface area (Å²) in [6, 6.07) is 7.91. The van der Waals surface area contributed by atoms with Crippen LogP contribution in [0.2, 0.25) is 5.02 Å². The Kier molecular flexibility index (Phi) is 7.48. The number of alkyl halides is 3. The molecule has 0 bridgehead atoms. The van der Waals surface area contributed by atoms with Gasteiger partial charge in [-0.15, -0.1) is 10.2 Å². The Morgan fingerprint density at radius 3 is 2.71 bits per heavy atom. The van der Waals surface area contributed by atoms with Crippen LogP contribution in [0, 0.1) is 0 Å². The van der Waals surface area contributed by atoms with E-state index in [9.17, 15) is 22.8 Å². The summed E-state index contributed by atoms with van der Waals surface area (Å²) in [4.78, 5) is 24.3. The van der Waals surface area contributed by atoms with Crippen LogP contribution < -0.4 is 20.1 Å². The van der Waals surface area contributed by atoms with E-state index in [1.807, 2.05) is 0 Å². The van der Waals surface area contributed by atoms with Crippen molar-refractivity contribution in [3.8, 4) is 11.5 Å². The molecule has 2 aromatic carbocycles. The second-order valence-electron chi connectivity index (χ2n) is 6.84. The predicted molar refractivity (Wildman–Crippen MR) is 126 cm³/mol. The molecule has 2 heterocycles. The Labute approximate surface area is 209 Å². The lowest BCUT2D eigenvalue weighted by Crippen LogP contribution is -2.15. The van der Waals surface area contributed by atoms with Crippen LogP contribution in [0.25, 0.3) is 6.08 Å². The standard InChI is InChI=1S/C21H14ClF3N4O4S2/c22-13-4-3-12(21(23,24)25)8-14(13)26-18(31)9-34-20-29-28-19(35-20)27-17(30)6-2-11-1-5-15-16(7-11)33-10-32-15/h1-8H,9-10H2,(H,26,31)(H,27,28,30)/b6-2-. The van der Waals surface area contributed by atoms with Gasteiger partial charge in [0.05, 0.1) is 22.0 Å². The van der Waals surface area contributed by atoms with E-state index in [-0.39, 0.29) is 28.4 Å². The summed E-state index contributed by atoms with van der Waals surface area (Å²) in [5.74, 6) is 0.0601. The summed E-state index contributed by atoms with van der Waals surface area (Å²) in [5, 5.41) is 12.8. The van der Waals surface area contributed by atoms with Crippen LogP contribution >= 0.6 is 34.7 Å². The number of halogens is 4. The Bertz CT molecular complexity index is 1300. The van der Waals surface area contributed by atoms with E-state index in [1.165, 1.54) is 6.08 Å². The number of anilines is 2. The lowest BCUT2D eigenvalue weighted by Gasteiger charge is -2.11. The second kappa shape index (κ2) is 10.5. The molecule has 35 heavy (non-hydrogen) atoms. The van der Waals surface area contributed by atoms with Gasteiger partial charge in [0, 0.05) is 6.08 Å². The summed E-state index contributed by atoms with van der Waals surface area (Å²) in [7, 11) is 0. The topological polar surface area (TPSA) is 102 Å². The number of benzene rings is 2. The average Bonchev–Trinajstić information content (AvgIpc) is 3.46. The van der Waals surface area contributed by atoms with Crippen molar-refractivity contribution < 1.29 is 32.2 Å². The first-order chi connectivity index (χ1) is 16.7. The number of carbonyl (C=O) groups is 2. The zero-order valence-electron chi connectivity index (χ0n) is 17.4. The van der Waals surface area contributed by atoms with E-state index in [0.717, 1.165) is 46.9 Å². The zero-order valence-corrected chi connectivity index (χ0v) is 19.8. The largest absolute Gasteiger partial charge is 0.454 e. The highest BCUT2D eigenvalue weighted by Crippen LogP contribution is 2.34. The highest BCUT2D eigenvalue weighted by Gasteiger charge is 2.31. The lowest BCUT2D eigenvalue weighted by atomic mass is 10.2. The van der Waals surface area contributed by atoms with Crippen molar-refractivity contribution in [2.75, 3.05) is 23.2 Å². The van der Waals surface area contributed by atoms with Gasteiger partial charge in [0.15, 0.2) is 15.8 Å². The summed E-state index contributed by atoms with van der Waals surface area (Å²) in [6.07, 6.45) is -1.65. The van der Waals surface area contributed by atoms with Gasteiger partial charge >= 0.3 is 6.18 Å². The van der Waals surface area contributed by atoms with Crippen molar-refractivity contribution in [1.82, 2.24) is 10.2 Å². The highest BCUT2D eigenvalue weighted by atomic mass is 35.5. The van der Waals surface area contributed by atoms with E-state index < -0.39 is 23.6 Å². The molecule has 0 fully saturated rings. The number of ether oxygens (including phenoxy) is 2. The number of fused-ring (bicyclic) bond motifs is 1. The monoisotopic (exact) mass is 542 g/mol. The molecule has 4 rings (SSSR count). The van der Waals surface area contributed by atoms with Crippen LogP contribution in [0.4, 0.5) is 24.0 Å². The van der Waals surface area contributed by atoms with Crippen molar-refractivity contribution in [3.05, 3.63) is 58.6 Å². The Hall–Kier alpha value is -3.29. The van der Waals surface area contributed by atoms with Crippen LogP contribution in [0.5, 0.6) is 11.5 Å². The molecule has 0 aliphatic carbocycles. The number of rotatable bonds is 7. The summed E-state index contributed by atoms with van der Waals surface area (Å²) in [6.45, 7) is 0.154. The Balaban J connectivity index is 1.27. The number of hydrogen-bond acceptors (Lipinski definition) is 8. The molecule has 182 valence electrons. The number of nitrogens with one attached hydrogen (secondary N) is 2. The molecule has 8 nitrogen and oxygen atoms in total. The summed E-state index contributed by atoms with van der Waals surface area (Å²) in [5.41, 5.74) is -0.335. The molecular formula is C21H14ClF3N4O4S2. The first-order valence-electron chi connectivity index (χ1n) is 9.69. The summed E-state index contributed by atoms with van der Waals surface area (Å²) >= 11 is 7.93. The van der Waals surface area contributed by atoms with Crippen LogP contribution in [0.3, 0.4) is 0 Å². The minimum absolute atomic E-state index is 0.0222. The van der Waals surface area contributed by atoms with Gasteiger partial charge in [-0.1, -0.05) is 40.8 Å². The van der Waals surface area contributed by atoms with Gasteiger partial charge in [-0.3, -0.25) is 14.9 Å². The molecule has 0 saturated carbocycles. The predicted octanol–water partition coefficient (Wildman–Crippen LogP) is 5.32. The van der Waals surface area contributed by atoms with Gasteiger partial charge in [-0.05, 0) is 42.0 Å². The lowest BCUT2D eigenvalue weighted by molar-refractivity contribution is -0.137. The molecule has 0 unspecified atom stereocenters. The van der Waals surface area contributed by atoms with Gasteiger partial charge in [-0.2, -0.15) is 13.2 Å². The van der Waals surface area contributed by atoms with Gasteiger partial charge < -0.3 is 14.8 Å². The first-order valence-corrected chi connectivity index (χ1v) is 11.9. The first kappa shape index (κ1) is 24.8. The number of hydrogen-bond donors (Lipinski definition) is 2. The van der Waals surface area contributed by atoms with Crippen LogP contribution in [-0.4, -0.2) is 34.6 Å². The molecule has 14 heteroatoms. The van der Waals surface area contributed by atoms with Gasteiger partial charge in [0.25, 0.3) is 0 Å². The van der Waals surface area contributed by atoms with Gasteiger partial charge in [0.1, 0.15) is 0 Å². The maximum absolute atomic E-state index is 12.9.